The van der Waals surface area contributed by atoms with E-state index in [1.165, 1.54) is 11.8 Å². The highest BCUT2D eigenvalue weighted by Crippen LogP contribution is 2.43. The number of rotatable bonds is 4. The van der Waals surface area contributed by atoms with E-state index in [1.54, 1.807) is 11.4 Å². The number of aromatic amines is 1. The molecule has 0 saturated carbocycles. The number of nitrogens with one attached hydrogen (secondary N) is 1. The molecule has 2 atom stereocenters. The first-order chi connectivity index (χ1) is 13.9. The van der Waals surface area contributed by atoms with Crippen LogP contribution in [0.4, 0.5) is 0 Å². The van der Waals surface area contributed by atoms with Crippen molar-refractivity contribution in [3.63, 3.8) is 0 Å². The maximum absolute atomic E-state index is 11.8. The third-order valence-corrected chi connectivity index (χ3v) is 7.34. The van der Waals surface area contributed by atoms with Crippen LogP contribution in [0.5, 0.6) is 5.75 Å². The van der Waals surface area contributed by atoms with Crippen molar-refractivity contribution in [2.24, 2.45) is 11.8 Å². The van der Waals surface area contributed by atoms with Crippen LogP contribution in [0, 0.1) is 11.8 Å². The number of sulfonamides is 1. The number of benzene rings is 1. The lowest BCUT2D eigenvalue weighted by Crippen LogP contribution is -2.28. The van der Waals surface area contributed by atoms with Gasteiger partial charge in [-0.25, -0.2) is 17.7 Å². The molecule has 1 aromatic carbocycles. The monoisotopic (exact) mass is 409 g/mol. The molecule has 2 aromatic heterocycles. The summed E-state index contributed by atoms with van der Waals surface area (Å²) in [6.07, 6.45) is 6.23. The molecule has 150 valence electrons. The van der Waals surface area contributed by atoms with E-state index in [9.17, 15) is 8.42 Å². The smallest absolute Gasteiger partial charge is 0.211 e. The number of methoxy groups -OCH3 is 1. The molecule has 1 saturated heterocycles. The van der Waals surface area contributed by atoms with Gasteiger partial charge in [0, 0.05) is 35.9 Å². The SMILES string of the molecule is COc1ccccc1-c1ccnc2[nH]c(C3=CC4CN(S(C)(=O)=O)CC4C3)cc12. The minimum Gasteiger partial charge on any atom is -0.496 e. The third-order valence-electron chi connectivity index (χ3n) is 6.10. The fourth-order valence-corrected chi connectivity index (χ4v) is 5.55. The molecule has 29 heavy (non-hydrogen) atoms. The zero-order valence-electron chi connectivity index (χ0n) is 16.4. The van der Waals surface area contributed by atoms with Crippen LogP contribution in [0.25, 0.3) is 27.7 Å². The molecule has 7 heteroatoms. The second-order valence-electron chi connectivity index (χ2n) is 7.90. The van der Waals surface area contributed by atoms with E-state index in [0.717, 1.165) is 40.0 Å². The molecule has 1 aliphatic heterocycles. The molecule has 1 fully saturated rings. The first-order valence-corrected chi connectivity index (χ1v) is 11.6. The second-order valence-corrected chi connectivity index (χ2v) is 9.89. The van der Waals surface area contributed by atoms with Crippen molar-refractivity contribution >= 4 is 26.6 Å². The first kappa shape index (κ1) is 18.4. The van der Waals surface area contributed by atoms with Crippen LogP contribution in [0.3, 0.4) is 0 Å². The summed E-state index contributed by atoms with van der Waals surface area (Å²) in [5.41, 5.74) is 5.28. The first-order valence-electron chi connectivity index (χ1n) is 9.71. The fourth-order valence-electron chi connectivity index (χ4n) is 4.64. The Morgan fingerprint density at radius 3 is 2.76 bits per heavy atom. The number of nitrogens with zero attached hydrogens (tertiary/aromatic N) is 2. The molecule has 6 nitrogen and oxygen atoms in total. The molecule has 5 rings (SSSR count). The lowest BCUT2D eigenvalue weighted by atomic mass is 9.99. The Kier molecular flexibility index (Phi) is 4.26. The zero-order chi connectivity index (χ0) is 20.2. The number of H-pyrrole nitrogens is 1. The zero-order valence-corrected chi connectivity index (χ0v) is 17.2. The van der Waals surface area contributed by atoms with E-state index in [-0.39, 0.29) is 5.92 Å². The number of pyridine rings is 1. The van der Waals surface area contributed by atoms with Gasteiger partial charge in [0.05, 0.1) is 13.4 Å². The van der Waals surface area contributed by atoms with E-state index >= 15 is 0 Å². The van der Waals surface area contributed by atoms with Gasteiger partial charge in [-0.05, 0) is 47.6 Å². The van der Waals surface area contributed by atoms with Crippen LogP contribution in [0.1, 0.15) is 12.1 Å². The summed E-state index contributed by atoms with van der Waals surface area (Å²) >= 11 is 0. The molecule has 2 unspecified atom stereocenters. The van der Waals surface area contributed by atoms with E-state index in [2.05, 4.69) is 28.2 Å². The minimum atomic E-state index is -3.12. The van der Waals surface area contributed by atoms with Gasteiger partial charge in [-0.1, -0.05) is 24.3 Å². The quantitative estimate of drug-likeness (QED) is 0.715. The van der Waals surface area contributed by atoms with Crippen LogP contribution in [0.2, 0.25) is 0 Å². The molecular weight excluding hydrogens is 386 g/mol. The molecule has 3 aromatic rings. The van der Waals surface area contributed by atoms with Crippen LogP contribution < -0.4 is 4.74 Å². The summed E-state index contributed by atoms with van der Waals surface area (Å²) in [5.74, 6) is 1.47. The molecular formula is C22H23N3O3S. The number of aromatic nitrogens is 2. The lowest BCUT2D eigenvalue weighted by Gasteiger charge is -2.13. The van der Waals surface area contributed by atoms with Gasteiger partial charge in [0.15, 0.2) is 0 Å². The Morgan fingerprint density at radius 1 is 1.17 bits per heavy atom. The summed E-state index contributed by atoms with van der Waals surface area (Å²) in [6.45, 7) is 1.19. The maximum Gasteiger partial charge on any atom is 0.211 e. The van der Waals surface area contributed by atoms with Crippen molar-refractivity contribution in [2.45, 2.75) is 6.42 Å². The largest absolute Gasteiger partial charge is 0.496 e. The van der Waals surface area contributed by atoms with Gasteiger partial charge in [0.2, 0.25) is 10.0 Å². The Labute approximate surface area is 170 Å². The highest BCUT2D eigenvalue weighted by molar-refractivity contribution is 7.88. The fraction of sp³-hybridized carbons (Fsp3) is 0.318. The number of fused-ring (bicyclic) bond motifs is 2. The lowest BCUT2D eigenvalue weighted by molar-refractivity contribution is 0.416. The summed E-state index contributed by atoms with van der Waals surface area (Å²) < 4.78 is 30.8. The molecule has 0 bridgehead atoms. The average Bonchev–Trinajstić information content (AvgIpc) is 3.39. The topological polar surface area (TPSA) is 75.3 Å². The van der Waals surface area contributed by atoms with Gasteiger partial charge < -0.3 is 9.72 Å². The van der Waals surface area contributed by atoms with Crippen LogP contribution in [0.15, 0.2) is 48.7 Å². The van der Waals surface area contributed by atoms with E-state index in [4.69, 9.17) is 4.74 Å². The number of hydrogen-bond acceptors (Lipinski definition) is 4. The summed E-state index contributed by atoms with van der Waals surface area (Å²) in [4.78, 5) is 7.98. The van der Waals surface area contributed by atoms with Gasteiger partial charge in [0.25, 0.3) is 0 Å². The van der Waals surface area contributed by atoms with Crippen molar-refractivity contribution in [3.05, 3.63) is 54.4 Å². The second kappa shape index (κ2) is 6.71. The van der Waals surface area contributed by atoms with Crippen LogP contribution >= 0.6 is 0 Å². The molecule has 0 amide bonds. The molecule has 2 aliphatic rings. The minimum absolute atomic E-state index is 0.285. The number of allylic oxidation sites excluding steroid dienone is 1. The molecule has 1 aliphatic carbocycles. The average molecular weight is 410 g/mol. The predicted molar refractivity (Wildman–Crippen MR) is 114 cm³/mol. The van der Waals surface area contributed by atoms with E-state index < -0.39 is 10.0 Å². The molecule has 0 radical (unpaired) electrons. The van der Waals surface area contributed by atoms with Crippen molar-refractivity contribution in [2.75, 3.05) is 26.5 Å². The molecule has 0 spiro atoms. The van der Waals surface area contributed by atoms with Gasteiger partial charge in [-0.3, -0.25) is 0 Å². The van der Waals surface area contributed by atoms with Crippen molar-refractivity contribution in [1.82, 2.24) is 14.3 Å². The number of hydrogen-bond donors (Lipinski definition) is 1. The number of para-hydroxylation sites is 1. The Hall–Kier alpha value is -2.64. The molecule has 3 heterocycles. The van der Waals surface area contributed by atoms with Crippen molar-refractivity contribution in [1.29, 1.82) is 0 Å². The number of ether oxygens (including phenoxy) is 1. The Balaban J connectivity index is 1.51. The highest BCUT2D eigenvalue weighted by Gasteiger charge is 2.40. The third kappa shape index (κ3) is 3.14. The molecule has 1 N–H and O–H groups in total. The predicted octanol–water partition coefficient (Wildman–Crippen LogP) is 3.53. The highest BCUT2D eigenvalue weighted by atomic mass is 32.2. The van der Waals surface area contributed by atoms with Gasteiger partial charge in [0.1, 0.15) is 11.4 Å². The summed E-state index contributed by atoms with van der Waals surface area (Å²) in [7, 11) is -1.43. The van der Waals surface area contributed by atoms with Gasteiger partial charge in [-0.15, -0.1) is 0 Å². The van der Waals surface area contributed by atoms with E-state index in [0.29, 0.717) is 19.0 Å². The van der Waals surface area contributed by atoms with Crippen LogP contribution in [-0.4, -0.2) is 49.1 Å². The maximum atomic E-state index is 11.8. The Morgan fingerprint density at radius 2 is 2.00 bits per heavy atom. The summed E-state index contributed by atoms with van der Waals surface area (Å²) in [5, 5.41) is 1.06. The summed E-state index contributed by atoms with van der Waals surface area (Å²) in [6, 6.07) is 12.2. The van der Waals surface area contributed by atoms with Crippen LogP contribution in [-0.2, 0) is 10.0 Å². The van der Waals surface area contributed by atoms with Gasteiger partial charge >= 0.3 is 0 Å². The van der Waals surface area contributed by atoms with E-state index in [1.807, 2.05) is 30.5 Å². The van der Waals surface area contributed by atoms with Crippen molar-refractivity contribution < 1.29 is 13.2 Å². The van der Waals surface area contributed by atoms with Crippen molar-refractivity contribution in [3.8, 4) is 16.9 Å². The standard InChI is InChI=1S/C22H23N3O3S/c1-28-21-6-4-3-5-18(21)17-7-8-23-22-19(17)11-20(24-22)14-9-15-12-25(29(2,26)27)13-16(15)10-14/h3-9,11,15-16H,10,12-13H2,1-2H3,(H,23,24). The Bertz CT molecular complexity index is 1230. The normalized spacial score (nSPS) is 22.1. The van der Waals surface area contributed by atoms with Gasteiger partial charge in [-0.2, -0.15) is 0 Å².